The van der Waals surface area contributed by atoms with Crippen LogP contribution in [0.1, 0.15) is 35.8 Å². The Balaban J connectivity index is 1.85. The van der Waals surface area contributed by atoms with Crippen molar-refractivity contribution in [1.82, 2.24) is 15.2 Å². The van der Waals surface area contributed by atoms with Crippen molar-refractivity contribution in [2.75, 3.05) is 13.1 Å². The first-order valence-electron chi connectivity index (χ1n) is 6.77. The van der Waals surface area contributed by atoms with Gasteiger partial charge in [-0.1, -0.05) is 13.0 Å². The predicted molar refractivity (Wildman–Crippen MR) is 73.4 cm³/mol. The van der Waals surface area contributed by atoms with Gasteiger partial charge >= 0.3 is 12.0 Å². The number of piperidine rings is 1. The molecule has 0 bridgehead atoms. The van der Waals surface area contributed by atoms with Crippen LogP contribution in [-0.2, 0) is 6.54 Å². The topological polar surface area (TPSA) is 82.5 Å². The fourth-order valence-electron chi connectivity index (χ4n) is 2.32. The third kappa shape index (κ3) is 3.69. The smallest absolute Gasteiger partial charge is 0.354 e. The van der Waals surface area contributed by atoms with E-state index in [2.05, 4.69) is 17.2 Å². The number of carboxylic acid groups (broad SMARTS) is 1. The highest BCUT2D eigenvalue weighted by Gasteiger charge is 2.20. The molecule has 0 spiro atoms. The number of carbonyl (C=O) groups is 2. The molecule has 1 atom stereocenters. The minimum atomic E-state index is -1.05. The molecule has 1 saturated heterocycles. The number of carboxylic acids is 1. The summed E-state index contributed by atoms with van der Waals surface area (Å²) in [5, 5.41) is 11.6. The lowest BCUT2D eigenvalue weighted by molar-refractivity contribution is 0.0690. The molecule has 1 unspecified atom stereocenters. The summed E-state index contributed by atoms with van der Waals surface area (Å²) in [6.45, 7) is 4.10. The number of urea groups is 1. The highest BCUT2D eigenvalue weighted by Crippen LogP contribution is 2.15. The maximum Gasteiger partial charge on any atom is 0.354 e. The van der Waals surface area contributed by atoms with Crippen molar-refractivity contribution >= 4 is 12.0 Å². The summed E-state index contributed by atoms with van der Waals surface area (Å²) < 4.78 is 0. The number of pyridine rings is 1. The number of likely N-dealkylation sites (tertiary alicyclic amines) is 1. The second-order valence-corrected chi connectivity index (χ2v) is 5.21. The van der Waals surface area contributed by atoms with Gasteiger partial charge in [-0.15, -0.1) is 0 Å². The summed E-state index contributed by atoms with van der Waals surface area (Å²) in [4.78, 5) is 28.3. The normalized spacial score (nSPS) is 18.6. The van der Waals surface area contributed by atoms with Crippen molar-refractivity contribution in [3.8, 4) is 0 Å². The zero-order valence-electron chi connectivity index (χ0n) is 11.5. The van der Waals surface area contributed by atoms with Gasteiger partial charge in [-0.3, -0.25) is 0 Å². The van der Waals surface area contributed by atoms with Gasteiger partial charge in [-0.25, -0.2) is 14.6 Å². The van der Waals surface area contributed by atoms with Crippen molar-refractivity contribution < 1.29 is 14.7 Å². The molecule has 6 nitrogen and oxygen atoms in total. The summed E-state index contributed by atoms with van der Waals surface area (Å²) in [6, 6.07) is 3.03. The maximum absolute atomic E-state index is 12.0. The van der Waals surface area contributed by atoms with Gasteiger partial charge in [0.1, 0.15) is 5.69 Å². The number of hydrogen-bond acceptors (Lipinski definition) is 3. The lowest BCUT2D eigenvalue weighted by Crippen LogP contribution is -2.44. The molecule has 1 aromatic heterocycles. The van der Waals surface area contributed by atoms with Crippen molar-refractivity contribution in [3.05, 3.63) is 29.6 Å². The fourth-order valence-corrected chi connectivity index (χ4v) is 2.32. The standard InChI is InChI=1S/C14H19N3O3/c1-10-3-2-6-17(9-10)14(20)16-8-11-4-5-12(13(18)19)15-7-11/h4-5,7,10H,2-3,6,8-9H2,1H3,(H,16,20)(H,18,19). The molecule has 2 N–H and O–H groups in total. The molecular formula is C14H19N3O3. The molecule has 0 radical (unpaired) electrons. The summed E-state index contributed by atoms with van der Waals surface area (Å²) in [6.07, 6.45) is 3.69. The number of aromatic carboxylic acids is 1. The van der Waals surface area contributed by atoms with E-state index in [4.69, 9.17) is 5.11 Å². The third-order valence-electron chi connectivity index (χ3n) is 3.43. The number of aromatic nitrogens is 1. The number of carbonyl (C=O) groups excluding carboxylic acids is 1. The van der Waals surface area contributed by atoms with E-state index in [1.54, 1.807) is 6.07 Å². The van der Waals surface area contributed by atoms with Crippen molar-refractivity contribution in [2.45, 2.75) is 26.3 Å². The van der Waals surface area contributed by atoms with E-state index in [0.717, 1.165) is 25.1 Å². The largest absolute Gasteiger partial charge is 0.477 e. The number of nitrogens with one attached hydrogen (secondary N) is 1. The monoisotopic (exact) mass is 277 g/mol. The van der Waals surface area contributed by atoms with Crippen molar-refractivity contribution in [2.24, 2.45) is 5.92 Å². The van der Waals surface area contributed by atoms with Crippen LogP contribution in [0.25, 0.3) is 0 Å². The molecule has 6 heteroatoms. The Kier molecular flexibility index (Phi) is 4.55. The fraction of sp³-hybridized carbons (Fsp3) is 0.500. The Morgan fingerprint density at radius 1 is 1.50 bits per heavy atom. The van der Waals surface area contributed by atoms with Gasteiger partial charge in [0.2, 0.25) is 0 Å². The number of amides is 2. The molecule has 20 heavy (non-hydrogen) atoms. The Hall–Kier alpha value is -2.11. The summed E-state index contributed by atoms with van der Waals surface area (Å²) >= 11 is 0. The Labute approximate surface area is 117 Å². The molecule has 2 heterocycles. The molecule has 2 rings (SSSR count). The van der Waals surface area contributed by atoms with Gasteiger partial charge in [-0.05, 0) is 30.4 Å². The number of hydrogen-bond donors (Lipinski definition) is 2. The first-order chi connectivity index (χ1) is 9.56. The van der Waals surface area contributed by atoms with E-state index < -0.39 is 5.97 Å². The number of nitrogens with zero attached hydrogens (tertiary/aromatic N) is 2. The van der Waals surface area contributed by atoms with E-state index in [9.17, 15) is 9.59 Å². The Morgan fingerprint density at radius 3 is 2.90 bits per heavy atom. The van der Waals surface area contributed by atoms with Gasteiger partial charge in [0.25, 0.3) is 0 Å². The quantitative estimate of drug-likeness (QED) is 0.881. The van der Waals surface area contributed by atoms with Crippen LogP contribution < -0.4 is 5.32 Å². The van der Waals surface area contributed by atoms with Crippen LogP contribution in [0.5, 0.6) is 0 Å². The van der Waals surface area contributed by atoms with Gasteiger partial charge < -0.3 is 15.3 Å². The van der Waals surface area contributed by atoms with E-state index >= 15 is 0 Å². The lowest BCUT2D eigenvalue weighted by Gasteiger charge is -2.30. The molecule has 0 saturated carbocycles. The first kappa shape index (κ1) is 14.3. The van der Waals surface area contributed by atoms with E-state index in [1.807, 2.05) is 4.90 Å². The molecule has 2 amide bonds. The third-order valence-corrected chi connectivity index (χ3v) is 3.43. The van der Waals surface area contributed by atoms with Gasteiger partial charge in [-0.2, -0.15) is 0 Å². The second-order valence-electron chi connectivity index (χ2n) is 5.21. The van der Waals surface area contributed by atoms with E-state index in [-0.39, 0.29) is 11.7 Å². The highest BCUT2D eigenvalue weighted by molar-refractivity contribution is 5.85. The highest BCUT2D eigenvalue weighted by atomic mass is 16.4. The van der Waals surface area contributed by atoms with Crippen LogP contribution in [-0.4, -0.2) is 40.1 Å². The van der Waals surface area contributed by atoms with Crippen LogP contribution in [0.2, 0.25) is 0 Å². The van der Waals surface area contributed by atoms with Crippen LogP contribution in [0.15, 0.2) is 18.3 Å². The summed E-state index contributed by atoms with van der Waals surface area (Å²) in [7, 11) is 0. The Morgan fingerprint density at radius 2 is 2.30 bits per heavy atom. The van der Waals surface area contributed by atoms with Crippen LogP contribution in [0, 0.1) is 5.92 Å². The van der Waals surface area contributed by atoms with E-state index in [1.165, 1.54) is 18.7 Å². The average Bonchev–Trinajstić information content (AvgIpc) is 2.45. The molecular weight excluding hydrogens is 258 g/mol. The Bertz CT molecular complexity index is 487. The second kappa shape index (κ2) is 6.36. The molecule has 1 aromatic rings. The minimum absolute atomic E-state index is 0.00457. The first-order valence-corrected chi connectivity index (χ1v) is 6.77. The molecule has 0 aliphatic carbocycles. The SMILES string of the molecule is CC1CCCN(C(=O)NCc2ccc(C(=O)O)nc2)C1. The minimum Gasteiger partial charge on any atom is -0.477 e. The zero-order chi connectivity index (χ0) is 14.5. The molecule has 1 aliphatic rings. The van der Waals surface area contributed by atoms with Crippen LogP contribution in [0.3, 0.4) is 0 Å². The zero-order valence-corrected chi connectivity index (χ0v) is 11.5. The lowest BCUT2D eigenvalue weighted by atomic mass is 10.0. The van der Waals surface area contributed by atoms with Crippen molar-refractivity contribution in [3.63, 3.8) is 0 Å². The maximum atomic E-state index is 12.0. The summed E-state index contributed by atoms with van der Waals surface area (Å²) in [5.74, 6) is -0.506. The average molecular weight is 277 g/mol. The number of rotatable bonds is 3. The van der Waals surface area contributed by atoms with Crippen molar-refractivity contribution in [1.29, 1.82) is 0 Å². The molecule has 1 aliphatic heterocycles. The summed E-state index contributed by atoms with van der Waals surface area (Å²) in [5.41, 5.74) is 0.790. The molecule has 108 valence electrons. The molecule has 0 aromatic carbocycles. The van der Waals surface area contributed by atoms with Gasteiger partial charge in [0.15, 0.2) is 0 Å². The van der Waals surface area contributed by atoms with Crippen LogP contribution in [0.4, 0.5) is 4.79 Å². The predicted octanol–water partition coefficient (Wildman–Crippen LogP) is 1.72. The van der Waals surface area contributed by atoms with Gasteiger partial charge in [0.05, 0.1) is 0 Å². The molecule has 1 fully saturated rings. The van der Waals surface area contributed by atoms with Gasteiger partial charge in [0, 0.05) is 25.8 Å². The van der Waals surface area contributed by atoms with E-state index in [0.29, 0.717) is 12.5 Å². The van der Waals surface area contributed by atoms with Crippen LogP contribution >= 0.6 is 0 Å².